The first-order chi connectivity index (χ1) is 17.0. The molecule has 1 fully saturated rings. The van der Waals surface area contributed by atoms with E-state index in [0.717, 1.165) is 54.1 Å². The molecule has 0 radical (unpaired) electrons. The van der Waals surface area contributed by atoms with Crippen LogP contribution in [0.25, 0.3) is 0 Å². The molecule has 8 heteroatoms. The summed E-state index contributed by atoms with van der Waals surface area (Å²) in [6, 6.07) is 15.7. The second-order valence-corrected chi connectivity index (χ2v) is 9.80. The van der Waals surface area contributed by atoms with E-state index in [2.05, 4.69) is 27.9 Å². The van der Waals surface area contributed by atoms with Crippen molar-refractivity contribution < 1.29 is 14.3 Å². The molecule has 1 heterocycles. The molecule has 1 aliphatic rings. The number of para-hydroxylation sites is 1. The van der Waals surface area contributed by atoms with Gasteiger partial charge in [0.15, 0.2) is 0 Å². The van der Waals surface area contributed by atoms with Crippen LogP contribution in [0, 0.1) is 6.92 Å². The third-order valence-corrected chi connectivity index (χ3v) is 7.03. The summed E-state index contributed by atoms with van der Waals surface area (Å²) in [5, 5.41) is 11.7. The van der Waals surface area contributed by atoms with Crippen LogP contribution in [0.5, 0.6) is 5.75 Å². The van der Waals surface area contributed by atoms with E-state index in [-0.39, 0.29) is 24.0 Å². The van der Waals surface area contributed by atoms with Gasteiger partial charge in [0.1, 0.15) is 23.1 Å². The van der Waals surface area contributed by atoms with Crippen LogP contribution < -0.4 is 20.7 Å². The highest BCUT2D eigenvalue weighted by Crippen LogP contribution is 2.21. The topological polar surface area (TPSA) is 92.4 Å². The van der Waals surface area contributed by atoms with E-state index < -0.39 is 0 Å². The normalized spacial score (nSPS) is 17.4. The minimum absolute atomic E-state index is 0.0818. The van der Waals surface area contributed by atoms with Gasteiger partial charge >= 0.3 is 6.03 Å². The van der Waals surface area contributed by atoms with E-state index in [4.69, 9.17) is 4.74 Å². The van der Waals surface area contributed by atoms with Crippen LogP contribution in [0.1, 0.15) is 59.2 Å². The Balaban J connectivity index is 1.19. The summed E-state index contributed by atoms with van der Waals surface area (Å²) in [5.41, 5.74) is 3.56. The number of nitrogens with one attached hydrogen (secondary N) is 3. The third kappa shape index (κ3) is 7.05. The Morgan fingerprint density at radius 1 is 1.00 bits per heavy atom. The number of thiazole rings is 1. The summed E-state index contributed by atoms with van der Waals surface area (Å²) in [6.07, 6.45) is 4.13. The summed E-state index contributed by atoms with van der Waals surface area (Å²) in [4.78, 5) is 29.6. The van der Waals surface area contributed by atoms with Gasteiger partial charge in [0.05, 0.1) is 0 Å². The molecule has 3 aromatic rings. The van der Waals surface area contributed by atoms with Gasteiger partial charge < -0.3 is 20.7 Å². The summed E-state index contributed by atoms with van der Waals surface area (Å²) >= 11 is 1.42. The number of hydrogen-bond donors (Lipinski definition) is 3. The Bertz CT molecular complexity index is 1140. The number of rotatable bonds is 8. The van der Waals surface area contributed by atoms with Gasteiger partial charge in [-0.3, -0.25) is 4.79 Å². The van der Waals surface area contributed by atoms with Crippen LogP contribution in [-0.4, -0.2) is 29.0 Å². The molecule has 0 aliphatic heterocycles. The van der Waals surface area contributed by atoms with Gasteiger partial charge in [-0.05, 0) is 62.8 Å². The average Bonchev–Trinajstić information content (AvgIpc) is 3.34. The van der Waals surface area contributed by atoms with Crippen molar-refractivity contribution in [2.75, 3.05) is 5.32 Å². The number of aromatic nitrogens is 1. The summed E-state index contributed by atoms with van der Waals surface area (Å²) in [6.45, 7) is 4.44. The molecular weight excluding hydrogens is 460 g/mol. The lowest BCUT2D eigenvalue weighted by molar-refractivity contribution is 0.0919. The molecule has 7 nitrogen and oxygen atoms in total. The van der Waals surface area contributed by atoms with E-state index in [0.29, 0.717) is 12.3 Å². The second-order valence-electron chi connectivity index (χ2n) is 8.86. The zero-order valence-electron chi connectivity index (χ0n) is 20.2. The number of amides is 3. The van der Waals surface area contributed by atoms with Gasteiger partial charge in [-0.1, -0.05) is 42.8 Å². The maximum atomic E-state index is 12.7. The highest BCUT2D eigenvalue weighted by molar-refractivity contribution is 7.09. The standard InChI is InChI=1S/C27H32N4O3S/c1-3-19-6-4-5-7-23(19)31-27(33)29-21-12-10-20(11-13-21)28-26(32)24-17-35-25(30-24)16-34-22-14-8-18(2)9-15-22/h4-9,14-15,17,20-21H,3,10-13,16H2,1-2H3,(H,28,32)(H2,29,31,33). The van der Waals surface area contributed by atoms with Crippen molar-refractivity contribution in [2.24, 2.45) is 0 Å². The van der Waals surface area contributed by atoms with E-state index in [1.54, 1.807) is 5.38 Å². The number of aryl methyl sites for hydroxylation is 2. The van der Waals surface area contributed by atoms with Crippen LogP contribution in [-0.2, 0) is 13.0 Å². The zero-order valence-corrected chi connectivity index (χ0v) is 21.0. The lowest BCUT2D eigenvalue weighted by Crippen LogP contribution is -2.45. The quantitative estimate of drug-likeness (QED) is 0.390. The third-order valence-electron chi connectivity index (χ3n) is 6.21. The highest BCUT2D eigenvalue weighted by atomic mass is 32.1. The molecule has 4 rings (SSSR count). The van der Waals surface area contributed by atoms with Crippen molar-refractivity contribution in [3.8, 4) is 5.75 Å². The summed E-state index contributed by atoms with van der Waals surface area (Å²) < 4.78 is 5.76. The fourth-order valence-corrected chi connectivity index (χ4v) is 4.88. The molecule has 0 saturated heterocycles. The molecule has 2 aromatic carbocycles. The number of carbonyl (C=O) groups is 2. The smallest absolute Gasteiger partial charge is 0.319 e. The number of ether oxygens (including phenoxy) is 1. The van der Waals surface area contributed by atoms with Crippen molar-refractivity contribution in [1.82, 2.24) is 15.6 Å². The number of urea groups is 1. The molecule has 3 N–H and O–H groups in total. The lowest BCUT2D eigenvalue weighted by Gasteiger charge is -2.29. The Hall–Kier alpha value is -3.39. The van der Waals surface area contributed by atoms with E-state index in [1.807, 2.05) is 55.5 Å². The van der Waals surface area contributed by atoms with E-state index >= 15 is 0 Å². The number of hydrogen-bond acceptors (Lipinski definition) is 5. The number of benzene rings is 2. The SMILES string of the molecule is CCc1ccccc1NC(=O)NC1CCC(NC(=O)c2csc(COc3ccc(C)cc3)n2)CC1. The van der Waals surface area contributed by atoms with Gasteiger partial charge in [0.25, 0.3) is 5.91 Å². The van der Waals surface area contributed by atoms with Crippen LogP contribution in [0.3, 0.4) is 0 Å². The Labute approximate surface area is 210 Å². The van der Waals surface area contributed by atoms with E-state index in [9.17, 15) is 9.59 Å². The zero-order chi connectivity index (χ0) is 24.6. The van der Waals surface area contributed by atoms with Crippen LogP contribution in [0.4, 0.5) is 10.5 Å². The summed E-state index contributed by atoms with van der Waals surface area (Å²) in [5.74, 6) is 0.624. The molecule has 1 saturated carbocycles. The monoisotopic (exact) mass is 492 g/mol. The van der Waals surface area contributed by atoms with Crippen molar-refractivity contribution in [3.05, 3.63) is 75.7 Å². The Kier molecular flexibility index (Phi) is 8.36. The fourth-order valence-electron chi connectivity index (χ4n) is 4.20. The van der Waals surface area contributed by atoms with Crippen molar-refractivity contribution in [1.29, 1.82) is 0 Å². The van der Waals surface area contributed by atoms with Gasteiger partial charge in [0, 0.05) is 23.2 Å². The molecule has 184 valence electrons. The first-order valence-electron chi connectivity index (χ1n) is 12.1. The molecule has 0 spiro atoms. The van der Waals surface area contributed by atoms with Crippen LogP contribution >= 0.6 is 11.3 Å². The highest BCUT2D eigenvalue weighted by Gasteiger charge is 2.24. The van der Waals surface area contributed by atoms with E-state index in [1.165, 1.54) is 16.9 Å². The van der Waals surface area contributed by atoms with Gasteiger partial charge in [-0.2, -0.15) is 0 Å². The second kappa shape index (κ2) is 11.8. The van der Waals surface area contributed by atoms with Gasteiger partial charge in [0.2, 0.25) is 0 Å². The first-order valence-corrected chi connectivity index (χ1v) is 13.0. The van der Waals surface area contributed by atoms with Crippen molar-refractivity contribution in [2.45, 2.75) is 64.6 Å². The number of nitrogens with zero attached hydrogens (tertiary/aromatic N) is 1. The molecule has 0 atom stereocenters. The number of carbonyl (C=O) groups excluding carboxylic acids is 2. The van der Waals surface area contributed by atoms with Crippen LogP contribution in [0.2, 0.25) is 0 Å². The Morgan fingerprint density at radius 3 is 2.40 bits per heavy atom. The van der Waals surface area contributed by atoms with Gasteiger partial charge in [-0.15, -0.1) is 11.3 Å². The maximum Gasteiger partial charge on any atom is 0.319 e. The molecule has 0 unspecified atom stereocenters. The fraction of sp³-hybridized carbons (Fsp3) is 0.370. The molecule has 35 heavy (non-hydrogen) atoms. The molecular formula is C27H32N4O3S. The molecule has 1 aromatic heterocycles. The van der Waals surface area contributed by atoms with Gasteiger partial charge in [-0.25, -0.2) is 9.78 Å². The molecule has 3 amide bonds. The van der Waals surface area contributed by atoms with Crippen LogP contribution in [0.15, 0.2) is 53.9 Å². The minimum Gasteiger partial charge on any atom is -0.486 e. The molecule has 0 bridgehead atoms. The molecule has 1 aliphatic carbocycles. The Morgan fingerprint density at radius 2 is 1.69 bits per heavy atom. The maximum absolute atomic E-state index is 12.7. The average molecular weight is 493 g/mol. The number of anilines is 1. The minimum atomic E-state index is -0.179. The predicted octanol–water partition coefficient (Wildman–Crippen LogP) is 5.46. The summed E-state index contributed by atoms with van der Waals surface area (Å²) in [7, 11) is 0. The largest absolute Gasteiger partial charge is 0.486 e. The first kappa shape index (κ1) is 24.7. The predicted molar refractivity (Wildman–Crippen MR) is 139 cm³/mol. The van der Waals surface area contributed by atoms with Crippen molar-refractivity contribution in [3.63, 3.8) is 0 Å². The van der Waals surface area contributed by atoms with Crippen molar-refractivity contribution >= 4 is 29.0 Å². The lowest BCUT2D eigenvalue weighted by atomic mass is 9.91.